The van der Waals surface area contributed by atoms with Crippen molar-refractivity contribution in [3.8, 4) is 11.5 Å². The molecule has 0 bridgehead atoms. The third-order valence-corrected chi connectivity index (χ3v) is 3.94. The lowest BCUT2D eigenvalue weighted by molar-refractivity contribution is 0.170. The lowest BCUT2D eigenvalue weighted by Gasteiger charge is -2.18. The smallest absolute Gasteiger partial charge is 0.161 e. The lowest BCUT2D eigenvalue weighted by Crippen LogP contribution is -2.22. The fourth-order valence-electron chi connectivity index (χ4n) is 2.82. The minimum absolute atomic E-state index is 0.268. The van der Waals surface area contributed by atoms with Crippen LogP contribution in [-0.2, 0) is 4.74 Å². The number of ether oxygens (including phenoxy) is 3. The van der Waals surface area contributed by atoms with E-state index in [1.54, 1.807) is 14.2 Å². The highest BCUT2D eigenvalue weighted by Gasteiger charge is 2.26. The molecule has 2 atom stereocenters. The topological polar surface area (TPSA) is 53.7 Å². The van der Waals surface area contributed by atoms with Gasteiger partial charge in [-0.25, -0.2) is 0 Å². The van der Waals surface area contributed by atoms with E-state index in [9.17, 15) is 0 Å². The number of rotatable bonds is 7. The van der Waals surface area contributed by atoms with Gasteiger partial charge in [-0.2, -0.15) is 0 Å². The van der Waals surface area contributed by atoms with Gasteiger partial charge in [-0.1, -0.05) is 12.5 Å². The maximum absolute atomic E-state index is 6.18. The van der Waals surface area contributed by atoms with Crippen LogP contribution >= 0.6 is 0 Å². The van der Waals surface area contributed by atoms with Crippen LogP contribution in [0.25, 0.3) is 0 Å². The molecule has 0 aliphatic heterocycles. The quantitative estimate of drug-likeness (QED) is 0.780. The summed E-state index contributed by atoms with van der Waals surface area (Å²) in [4.78, 5) is 0. The average Bonchev–Trinajstić information content (AvgIpc) is 2.89. The highest BCUT2D eigenvalue weighted by atomic mass is 16.5. The summed E-state index contributed by atoms with van der Waals surface area (Å²) in [5.41, 5.74) is 7.44. The Bertz CT molecular complexity index is 422. The van der Waals surface area contributed by atoms with Crippen molar-refractivity contribution in [2.45, 2.75) is 37.6 Å². The van der Waals surface area contributed by atoms with Crippen LogP contribution in [0.2, 0.25) is 0 Å². The molecule has 4 heteroatoms. The third kappa shape index (κ3) is 3.64. The highest BCUT2D eigenvalue weighted by molar-refractivity contribution is 5.44. The van der Waals surface area contributed by atoms with Gasteiger partial charge in [0.05, 0.1) is 13.7 Å². The molecular formula is C16H25NO3. The Morgan fingerprint density at radius 2 is 2.00 bits per heavy atom. The number of nitrogens with two attached hydrogens (primary N) is 1. The zero-order valence-corrected chi connectivity index (χ0v) is 12.4. The monoisotopic (exact) mass is 279 g/mol. The van der Waals surface area contributed by atoms with Crippen molar-refractivity contribution in [3.63, 3.8) is 0 Å². The molecule has 112 valence electrons. The van der Waals surface area contributed by atoms with E-state index in [0.717, 1.165) is 30.8 Å². The second-order valence-electron chi connectivity index (χ2n) is 5.31. The number of methoxy groups -OCH3 is 2. The maximum atomic E-state index is 6.18. The Balaban J connectivity index is 2.07. The Kier molecular flexibility index (Phi) is 5.68. The van der Waals surface area contributed by atoms with Gasteiger partial charge in [0.1, 0.15) is 0 Å². The molecule has 0 heterocycles. The molecule has 4 nitrogen and oxygen atoms in total. The van der Waals surface area contributed by atoms with Crippen LogP contribution in [0.15, 0.2) is 18.2 Å². The number of hydrogen-bond acceptors (Lipinski definition) is 4. The molecule has 0 spiro atoms. The molecule has 1 aromatic rings. The molecule has 0 aromatic heterocycles. The van der Waals surface area contributed by atoms with E-state index in [1.165, 1.54) is 12.0 Å². The van der Waals surface area contributed by atoms with Crippen molar-refractivity contribution in [1.82, 2.24) is 0 Å². The van der Waals surface area contributed by atoms with Gasteiger partial charge >= 0.3 is 0 Å². The summed E-state index contributed by atoms with van der Waals surface area (Å²) < 4.78 is 16.2. The maximum Gasteiger partial charge on any atom is 0.161 e. The van der Waals surface area contributed by atoms with Crippen LogP contribution < -0.4 is 15.2 Å². The van der Waals surface area contributed by atoms with Crippen LogP contribution in [0.3, 0.4) is 0 Å². The highest BCUT2D eigenvalue weighted by Crippen LogP contribution is 2.37. The Hall–Kier alpha value is -1.26. The Labute approximate surface area is 121 Å². The van der Waals surface area contributed by atoms with E-state index in [-0.39, 0.29) is 6.04 Å². The molecule has 2 N–H and O–H groups in total. The van der Waals surface area contributed by atoms with Crippen LogP contribution in [0.1, 0.15) is 37.2 Å². The lowest BCUT2D eigenvalue weighted by atomic mass is 9.94. The third-order valence-electron chi connectivity index (χ3n) is 3.94. The Morgan fingerprint density at radius 1 is 1.15 bits per heavy atom. The first-order valence-corrected chi connectivity index (χ1v) is 7.31. The van der Waals surface area contributed by atoms with Crippen LogP contribution in [-0.4, -0.2) is 33.5 Å². The second-order valence-corrected chi connectivity index (χ2v) is 5.31. The van der Waals surface area contributed by atoms with Gasteiger partial charge in [-0.05, 0) is 36.5 Å². The first kappa shape index (κ1) is 15.1. The number of benzene rings is 1. The van der Waals surface area contributed by atoms with E-state index < -0.39 is 0 Å². The SMILES string of the molecule is COCCCOc1cc(C2CCCC2N)ccc1OC. The minimum Gasteiger partial charge on any atom is -0.493 e. The molecular weight excluding hydrogens is 254 g/mol. The fourth-order valence-corrected chi connectivity index (χ4v) is 2.82. The first-order chi connectivity index (χ1) is 9.76. The zero-order valence-electron chi connectivity index (χ0n) is 12.4. The molecule has 20 heavy (non-hydrogen) atoms. The normalized spacial score (nSPS) is 21.9. The molecule has 1 aliphatic rings. The summed E-state index contributed by atoms with van der Waals surface area (Å²) in [5.74, 6) is 2.03. The summed E-state index contributed by atoms with van der Waals surface area (Å²) in [6.07, 6.45) is 4.35. The minimum atomic E-state index is 0.268. The molecule has 1 saturated carbocycles. The molecule has 1 fully saturated rings. The van der Waals surface area contributed by atoms with E-state index in [1.807, 2.05) is 6.07 Å². The summed E-state index contributed by atoms with van der Waals surface area (Å²) in [7, 11) is 3.36. The van der Waals surface area contributed by atoms with Gasteiger partial charge < -0.3 is 19.9 Å². The second kappa shape index (κ2) is 7.50. The largest absolute Gasteiger partial charge is 0.493 e. The van der Waals surface area contributed by atoms with Gasteiger partial charge in [-0.3, -0.25) is 0 Å². The standard InChI is InChI=1S/C16H25NO3/c1-18-9-4-10-20-16-11-12(7-8-15(16)19-2)13-5-3-6-14(13)17/h7-8,11,13-14H,3-6,9-10,17H2,1-2H3. The van der Waals surface area contributed by atoms with E-state index in [2.05, 4.69) is 12.1 Å². The zero-order chi connectivity index (χ0) is 14.4. The van der Waals surface area contributed by atoms with Crippen molar-refractivity contribution in [2.24, 2.45) is 5.73 Å². The van der Waals surface area contributed by atoms with Crippen molar-refractivity contribution in [2.75, 3.05) is 27.4 Å². The van der Waals surface area contributed by atoms with E-state index >= 15 is 0 Å². The predicted octanol–water partition coefficient (Wildman–Crippen LogP) is 2.71. The van der Waals surface area contributed by atoms with Gasteiger partial charge in [0.15, 0.2) is 11.5 Å². The average molecular weight is 279 g/mol. The summed E-state index contributed by atoms with van der Waals surface area (Å²) in [6, 6.07) is 6.44. The fraction of sp³-hybridized carbons (Fsp3) is 0.625. The van der Waals surface area contributed by atoms with Crippen molar-refractivity contribution in [3.05, 3.63) is 23.8 Å². The van der Waals surface area contributed by atoms with Gasteiger partial charge in [0.2, 0.25) is 0 Å². The predicted molar refractivity (Wildman–Crippen MR) is 79.5 cm³/mol. The van der Waals surface area contributed by atoms with Gasteiger partial charge in [0, 0.05) is 26.2 Å². The summed E-state index contributed by atoms with van der Waals surface area (Å²) >= 11 is 0. The van der Waals surface area contributed by atoms with Crippen molar-refractivity contribution in [1.29, 1.82) is 0 Å². The van der Waals surface area contributed by atoms with Crippen LogP contribution in [0, 0.1) is 0 Å². The molecule has 2 rings (SSSR count). The van der Waals surface area contributed by atoms with E-state index in [0.29, 0.717) is 19.1 Å². The molecule has 0 amide bonds. The van der Waals surface area contributed by atoms with Crippen molar-refractivity contribution < 1.29 is 14.2 Å². The molecule has 1 aromatic carbocycles. The molecule has 2 unspecified atom stereocenters. The van der Waals surface area contributed by atoms with Crippen LogP contribution in [0.4, 0.5) is 0 Å². The summed E-state index contributed by atoms with van der Waals surface area (Å²) in [6.45, 7) is 1.33. The Morgan fingerprint density at radius 3 is 2.65 bits per heavy atom. The first-order valence-electron chi connectivity index (χ1n) is 7.31. The summed E-state index contributed by atoms with van der Waals surface area (Å²) in [5, 5.41) is 0. The van der Waals surface area contributed by atoms with E-state index in [4.69, 9.17) is 19.9 Å². The number of hydrogen-bond donors (Lipinski definition) is 1. The van der Waals surface area contributed by atoms with Crippen molar-refractivity contribution >= 4 is 0 Å². The molecule has 0 radical (unpaired) electrons. The molecule has 1 aliphatic carbocycles. The van der Waals surface area contributed by atoms with Gasteiger partial charge in [0.25, 0.3) is 0 Å². The van der Waals surface area contributed by atoms with Gasteiger partial charge in [-0.15, -0.1) is 0 Å². The molecule has 0 saturated heterocycles. The van der Waals surface area contributed by atoms with Crippen LogP contribution in [0.5, 0.6) is 11.5 Å².